The van der Waals surface area contributed by atoms with Crippen molar-refractivity contribution in [2.45, 2.75) is 37.5 Å². The maximum Gasteiger partial charge on any atom is 0.160 e. The zero-order valence-corrected chi connectivity index (χ0v) is 27.2. The molecule has 0 bridgehead atoms. The highest BCUT2D eigenvalue weighted by molar-refractivity contribution is 6.13. The summed E-state index contributed by atoms with van der Waals surface area (Å²) in [5.41, 5.74) is 14.7. The Balaban J connectivity index is 1.15. The first-order valence-electron chi connectivity index (χ1n) is 17.5. The Morgan fingerprint density at radius 2 is 1.04 bits per heavy atom. The second-order valence-corrected chi connectivity index (χ2v) is 13.6. The summed E-state index contributed by atoms with van der Waals surface area (Å²) >= 11 is 0. The Hall–Kier alpha value is -5.80. The largest absolute Gasteiger partial charge is 0.455 e. The number of furan rings is 1. The summed E-state index contributed by atoms with van der Waals surface area (Å²) in [5, 5.41) is 2.20. The van der Waals surface area contributed by atoms with E-state index in [-0.39, 0.29) is 5.41 Å². The number of nitrogens with zero attached hydrogens (tertiary/aromatic N) is 2. The smallest absolute Gasteiger partial charge is 0.160 e. The van der Waals surface area contributed by atoms with Gasteiger partial charge in [0.15, 0.2) is 5.82 Å². The number of rotatable bonds is 4. The lowest BCUT2D eigenvalue weighted by molar-refractivity contribution is 0.353. The Morgan fingerprint density at radius 3 is 1.82 bits per heavy atom. The maximum atomic E-state index is 6.95. The molecule has 0 N–H and O–H groups in total. The van der Waals surface area contributed by atoms with Gasteiger partial charge >= 0.3 is 0 Å². The molecule has 0 unspecified atom stereocenters. The predicted octanol–water partition coefficient (Wildman–Crippen LogP) is 12.3. The van der Waals surface area contributed by atoms with Crippen molar-refractivity contribution in [3.8, 4) is 56.2 Å². The van der Waals surface area contributed by atoms with Crippen molar-refractivity contribution in [3.63, 3.8) is 0 Å². The van der Waals surface area contributed by atoms with Gasteiger partial charge in [0.25, 0.3) is 0 Å². The highest BCUT2D eigenvalue weighted by atomic mass is 16.3. The number of para-hydroxylation sites is 2. The van der Waals surface area contributed by atoms with E-state index in [1.54, 1.807) is 0 Å². The first-order valence-corrected chi connectivity index (χ1v) is 17.5. The molecule has 10 rings (SSSR count). The molecule has 8 aromatic rings. The summed E-state index contributed by atoms with van der Waals surface area (Å²) in [7, 11) is 0. The van der Waals surface area contributed by atoms with Crippen molar-refractivity contribution in [3.05, 3.63) is 157 Å². The van der Waals surface area contributed by atoms with Gasteiger partial charge in [-0.15, -0.1) is 0 Å². The van der Waals surface area contributed by atoms with Crippen LogP contribution < -0.4 is 0 Å². The highest BCUT2D eigenvalue weighted by Crippen LogP contribution is 2.56. The van der Waals surface area contributed by atoms with E-state index in [9.17, 15) is 0 Å². The van der Waals surface area contributed by atoms with Crippen LogP contribution in [0.2, 0.25) is 0 Å². The number of hydrogen-bond acceptors (Lipinski definition) is 3. The van der Waals surface area contributed by atoms with E-state index in [2.05, 4.69) is 109 Å². The van der Waals surface area contributed by atoms with E-state index in [1.807, 2.05) is 36.4 Å². The van der Waals surface area contributed by atoms with Crippen molar-refractivity contribution in [1.29, 1.82) is 0 Å². The molecular weight excluding hydrogens is 597 g/mol. The van der Waals surface area contributed by atoms with E-state index in [1.165, 1.54) is 59.9 Å². The van der Waals surface area contributed by atoms with E-state index in [0.29, 0.717) is 5.82 Å². The van der Waals surface area contributed by atoms with Crippen LogP contribution >= 0.6 is 0 Å². The first kappa shape index (κ1) is 28.2. The molecule has 1 fully saturated rings. The summed E-state index contributed by atoms with van der Waals surface area (Å²) in [6, 6.07) is 51.8. The second-order valence-electron chi connectivity index (χ2n) is 13.6. The fraction of sp³-hybridized carbons (Fsp3) is 0.130. The zero-order chi connectivity index (χ0) is 32.4. The van der Waals surface area contributed by atoms with Gasteiger partial charge < -0.3 is 4.42 Å². The van der Waals surface area contributed by atoms with Gasteiger partial charge in [-0.25, -0.2) is 9.97 Å². The standard InChI is InChI=1S/C46H34N2O/c1-4-14-30(15-5-1)41-29-42(48-45(47-41)31-16-6-2-7-17-31)37-22-13-21-36-35-20-12-19-33(43(35)49-44(36)37)32-24-25-40-38(28-32)34-18-8-9-23-39(34)46(40)26-10-3-11-27-46/h1-2,4-9,12-25,28-29H,3,10-11,26-27H2. The van der Waals surface area contributed by atoms with E-state index >= 15 is 0 Å². The summed E-state index contributed by atoms with van der Waals surface area (Å²) in [4.78, 5) is 10.1. The Bertz CT molecular complexity index is 2470. The fourth-order valence-corrected chi connectivity index (χ4v) is 8.63. The number of hydrogen-bond donors (Lipinski definition) is 0. The normalized spacial score (nSPS) is 14.7. The quantitative estimate of drug-likeness (QED) is 0.194. The number of fused-ring (bicyclic) bond motifs is 8. The molecule has 234 valence electrons. The molecule has 49 heavy (non-hydrogen) atoms. The van der Waals surface area contributed by atoms with Crippen LogP contribution in [0, 0.1) is 0 Å². The summed E-state index contributed by atoms with van der Waals surface area (Å²) in [6.07, 6.45) is 6.40. The highest BCUT2D eigenvalue weighted by Gasteiger charge is 2.43. The van der Waals surface area contributed by atoms with Gasteiger partial charge in [-0.2, -0.15) is 0 Å². The monoisotopic (exact) mass is 630 g/mol. The molecule has 0 radical (unpaired) electrons. The second kappa shape index (κ2) is 11.1. The van der Waals surface area contributed by atoms with Crippen molar-refractivity contribution in [2.24, 2.45) is 0 Å². The van der Waals surface area contributed by atoms with Gasteiger partial charge in [0.1, 0.15) is 11.2 Å². The summed E-state index contributed by atoms with van der Waals surface area (Å²) in [6.45, 7) is 0. The van der Waals surface area contributed by atoms with Crippen molar-refractivity contribution < 1.29 is 4.42 Å². The Kier molecular flexibility index (Phi) is 6.42. The molecule has 1 saturated carbocycles. The summed E-state index contributed by atoms with van der Waals surface area (Å²) in [5.74, 6) is 0.694. The van der Waals surface area contributed by atoms with Crippen molar-refractivity contribution in [2.75, 3.05) is 0 Å². The molecule has 0 saturated heterocycles. The average molecular weight is 631 g/mol. The lowest BCUT2D eigenvalue weighted by Gasteiger charge is -2.36. The SMILES string of the molecule is c1ccc(-c2cc(-c3cccc4c3oc3c(-c5ccc6c(c5)-c5ccccc5C65CCCCC5)cccc34)nc(-c3ccccc3)n2)cc1. The van der Waals surface area contributed by atoms with Gasteiger partial charge in [0.2, 0.25) is 0 Å². The molecule has 3 nitrogen and oxygen atoms in total. The molecule has 2 heterocycles. The Labute approximate surface area is 285 Å². The van der Waals surface area contributed by atoms with Gasteiger partial charge in [-0.3, -0.25) is 0 Å². The minimum Gasteiger partial charge on any atom is -0.455 e. The minimum absolute atomic E-state index is 0.151. The van der Waals surface area contributed by atoms with Crippen molar-refractivity contribution in [1.82, 2.24) is 9.97 Å². The third-order valence-electron chi connectivity index (χ3n) is 10.9. The van der Waals surface area contributed by atoms with Crippen LogP contribution in [0.5, 0.6) is 0 Å². The van der Waals surface area contributed by atoms with Gasteiger partial charge in [-0.1, -0.05) is 147 Å². The maximum absolute atomic E-state index is 6.95. The van der Waals surface area contributed by atoms with Crippen LogP contribution in [0.4, 0.5) is 0 Å². The van der Waals surface area contributed by atoms with E-state index in [4.69, 9.17) is 14.4 Å². The van der Waals surface area contributed by atoms with Gasteiger partial charge in [0, 0.05) is 38.4 Å². The van der Waals surface area contributed by atoms with Crippen LogP contribution in [0.1, 0.15) is 43.2 Å². The third-order valence-corrected chi connectivity index (χ3v) is 10.9. The predicted molar refractivity (Wildman–Crippen MR) is 200 cm³/mol. The van der Waals surface area contributed by atoms with Crippen LogP contribution in [0.15, 0.2) is 150 Å². The van der Waals surface area contributed by atoms with Crippen LogP contribution in [0.25, 0.3) is 78.1 Å². The minimum atomic E-state index is 0.151. The Morgan fingerprint density at radius 1 is 0.429 bits per heavy atom. The lowest BCUT2D eigenvalue weighted by atomic mass is 9.68. The third kappa shape index (κ3) is 4.42. The van der Waals surface area contributed by atoms with Crippen LogP contribution in [-0.2, 0) is 5.41 Å². The van der Waals surface area contributed by atoms with Crippen LogP contribution in [0.3, 0.4) is 0 Å². The average Bonchev–Trinajstić information content (AvgIpc) is 3.69. The molecule has 2 aromatic heterocycles. The molecule has 2 aliphatic rings. The van der Waals surface area contributed by atoms with Gasteiger partial charge in [0.05, 0.1) is 11.4 Å². The van der Waals surface area contributed by atoms with E-state index in [0.717, 1.165) is 55.6 Å². The molecule has 0 amide bonds. The lowest BCUT2D eigenvalue weighted by Crippen LogP contribution is -2.27. The molecule has 3 heteroatoms. The fourth-order valence-electron chi connectivity index (χ4n) is 8.63. The molecular formula is C46H34N2O. The summed E-state index contributed by atoms with van der Waals surface area (Å²) < 4.78 is 6.95. The van der Waals surface area contributed by atoms with Crippen LogP contribution in [-0.4, -0.2) is 9.97 Å². The van der Waals surface area contributed by atoms with Crippen molar-refractivity contribution >= 4 is 21.9 Å². The number of aromatic nitrogens is 2. The van der Waals surface area contributed by atoms with E-state index < -0.39 is 0 Å². The zero-order valence-electron chi connectivity index (χ0n) is 27.2. The van der Waals surface area contributed by atoms with Gasteiger partial charge in [-0.05, 0) is 58.9 Å². The first-order chi connectivity index (χ1) is 24.3. The molecule has 2 aliphatic carbocycles. The number of benzene rings is 6. The molecule has 1 spiro atoms. The molecule has 0 aliphatic heterocycles. The molecule has 0 atom stereocenters. The molecule has 6 aromatic carbocycles. The topological polar surface area (TPSA) is 38.9 Å².